The molecular formula is C18H27ClN2O2S2. The minimum atomic E-state index is 0. The van der Waals surface area contributed by atoms with Crippen LogP contribution in [0.1, 0.15) is 29.9 Å². The van der Waals surface area contributed by atoms with Gasteiger partial charge in [0.25, 0.3) is 5.91 Å². The summed E-state index contributed by atoms with van der Waals surface area (Å²) in [5.41, 5.74) is 7.20. The number of amides is 1. The van der Waals surface area contributed by atoms with E-state index in [4.69, 9.17) is 10.5 Å². The lowest BCUT2D eigenvalue weighted by molar-refractivity contribution is -0.132. The average Bonchev–Trinajstić information content (AvgIpc) is 3.04. The Bertz CT molecular complexity index is 567. The number of ether oxygens (including phenoxy) is 1. The molecule has 1 atom stereocenters. The van der Waals surface area contributed by atoms with Gasteiger partial charge in [-0.05, 0) is 54.0 Å². The van der Waals surface area contributed by atoms with Crippen molar-refractivity contribution in [3.8, 4) is 5.75 Å². The number of nitrogens with zero attached hydrogens (tertiary/aromatic N) is 1. The summed E-state index contributed by atoms with van der Waals surface area (Å²) in [6, 6.07) is 8.20. The molecule has 0 saturated carbocycles. The van der Waals surface area contributed by atoms with E-state index in [0.29, 0.717) is 11.1 Å². The largest absolute Gasteiger partial charge is 0.484 e. The molecule has 2 fully saturated rings. The van der Waals surface area contributed by atoms with E-state index in [1.807, 2.05) is 40.6 Å². The molecule has 0 aliphatic carbocycles. The number of carbonyl (C=O) groups excluding carboxylic acids is 1. The summed E-state index contributed by atoms with van der Waals surface area (Å²) in [5.74, 6) is 3.29. The number of thioether (sulfide) groups is 2. The summed E-state index contributed by atoms with van der Waals surface area (Å²) in [6.45, 7) is 4.38. The van der Waals surface area contributed by atoms with Crippen LogP contribution in [0.4, 0.5) is 0 Å². The summed E-state index contributed by atoms with van der Waals surface area (Å²) < 4.78 is 6.22. The molecule has 2 aliphatic rings. The predicted molar refractivity (Wildman–Crippen MR) is 110 cm³/mol. The van der Waals surface area contributed by atoms with E-state index in [1.54, 1.807) is 0 Å². The molecule has 25 heavy (non-hydrogen) atoms. The van der Waals surface area contributed by atoms with Crippen molar-refractivity contribution in [2.75, 3.05) is 37.7 Å². The van der Waals surface area contributed by atoms with Gasteiger partial charge < -0.3 is 15.4 Å². The zero-order chi connectivity index (χ0) is 17.0. The minimum absolute atomic E-state index is 0. The van der Waals surface area contributed by atoms with Crippen molar-refractivity contribution in [1.82, 2.24) is 4.90 Å². The highest BCUT2D eigenvalue weighted by molar-refractivity contribution is 8.16. The molecule has 0 bridgehead atoms. The second-order valence-electron chi connectivity index (χ2n) is 6.86. The van der Waals surface area contributed by atoms with E-state index in [-0.39, 0.29) is 30.3 Å². The second-order valence-corrected chi connectivity index (χ2v) is 9.59. The van der Waals surface area contributed by atoms with Crippen molar-refractivity contribution in [2.24, 2.45) is 11.1 Å². The fraction of sp³-hybridized carbons (Fsp3) is 0.611. The van der Waals surface area contributed by atoms with Crippen LogP contribution in [0.3, 0.4) is 0 Å². The molecule has 1 unspecified atom stereocenters. The van der Waals surface area contributed by atoms with Gasteiger partial charge in [-0.1, -0.05) is 19.1 Å². The van der Waals surface area contributed by atoms with E-state index in [1.165, 1.54) is 23.5 Å². The van der Waals surface area contributed by atoms with Gasteiger partial charge in [-0.3, -0.25) is 4.79 Å². The van der Waals surface area contributed by atoms with Crippen LogP contribution in [0, 0.1) is 5.41 Å². The lowest BCUT2D eigenvalue weighted by atomic mass is 9.90. The molecule has 2 saturated heterocycles. The zero-order valence-corrected chi connectivity index (χ0v) is 17.1. The van der Waals surface area contributed by atoms with E-state index >= 15 is 0 Å². The smallest absolute Gasteiger partial charge is 0.260 e. The van der Waals surface area contributed by atoms with Crippen molar-refractivity contribution < 1.29 is 9.53 Å². The Labute approximate surface area is 165 Å². The molecule has 1 aromatic carbocycles. The third-order valence-corrected chi connectivity index (χ3v) is 7.76. The van der Waals surface area contributed by atoms with Crippen molar-refractivity contribution in [2.45, 2.75) is 24.3 Å². The third kappa shape index (κ3) is 5.46. The van der Waals surface area contributed by atoms with Crippen LogP contribution in [0.15, 0.2) is 24.3 Å². The number of hydrogen-bond acceptors (Lipinski definition) is 5. The summed E-state index contributed by atoms with van der Waals surface area (Å²) in [5, 5.41) is 0. The monoisotopic (exact) mass is 402 g/mol. The Morgan fingerprint density at radius 3 is 2.60 bits per heavy atom. The van der Waals surface area contributed by atoms with E-state index < -0.39 is 0 Å². The normalized spacial score (nSPS) is 24.0. The van der Waals surface area contributed by atoms with Crippen LogP contribution in [-0.4, -0.2) is 48.6 Å². The number of carbonyl (C=O) groups is 1. The van der Waals surface area contributed by atoms with Crippen molar-refractivity contribution in [3.05, 3.63) is 29.8 Å². The second kappa shape index (κ2) is 9.40. The number of benzene rings is 1. The lowest BCUT2D eigenvalue weighted by Gasteiger charge is -2.23. The van der Waals surface area contributed by atoms with Gasteiger partial charge in [-0.25, -0.2) is 0 Å². The molecule has 0 aromatic heterocycles. The third-order valence-electron chi connectivity index (χ3n) is 4.75. The van der Waals surface area contributed by atoms with Gasteiger partial charge in [-0.2, -0.15) is 0 Å². The quantitative estimate of drug-likeness (QED) is 0.816. The fourth-order valence-corrected chi connectivity index (χ4v) is 5.94. The number of rotatable bonds is 5. The Morgan fingerprint density at radius 2 is 2.00 bits per heavy atom. The first-order valence-corrected chi connectivity index (χ1v) is 10.6. The van der Waals surface area contributed by atoms with Crippen LogP contribution in [-0.2, 0) is 4.79 Å². The highest BCUT2D eigenvalue weighted by atomic mass is 35.5. The molecule has 1 aromatic rings. The lowest BCUT2D eigenvalue weighted by Crippen LogP contribution is -2.36. The number of likely N-dealkylation sites (tertiary alicyclic amines) is 1. The molecule has 0 spiro atoms. The van der Waals surface area contributed by atoms with Gasteiger partial charge in [-0.15, -0.1) is 35.9 Å². The van der Waals surface area contributed by atoms with Crippen LogP contribution >= 0.6 is 35.9 Å². The summed E-state index contributed by atoms with van der Waals surface area (Å²) in [4.78, 5) is 14.2. The molecule has 1 amide bonds. The predicted octanol–water partition coefficient (Wildman–Crippen LogP) is 3.55. The number of hydrogen-bond donors (Lipinski definition) is 1. The van der Waals surface area contributed by atoms with E-state index in [9.17, 15) is 4.79 Å². The number of halogens is 1. The molecule has 7 heteroatoms. The molecule has 2 aliphatic heterocycles. The first kappa shape index (κ1) is 20.7. The van der Waals surface area contributed by atoms with Crippen molar-refractivity contribution in [1.29, 1.82) is 0 Å². The molecule has 0 radical (unpaired) electrons. The molecular weight excluding hydrogens is 376 g/mol. The fourth-order valence-electron chi connectivity index (χ4n) is 3.04. The Hall–Kier alpha value is -0.560. The van der Waals surface area contributed by atoms with Crippen molar-refractivity contribution in [3.63, 3.8) is 0 Å². The summed E-state index contributed by atoms with van der Waals surface area (Å²) >= 11 is 4.02. The summed E-state index contributed by atoms with van der Waals surface area (Å²) in [6.07, 6.45) is 2.27. The van der Waals surface area contributed by atoms with Crippen molar-refractivity contribution >= 4 is 41.8 Å². The van der Waals surface area contributed by atoms with Gasteiger partial charge in [0.15, 0.2) is 6.61 Å². The van der Waals surface area contributed by atoms with Crippen LogP contribution < -0.4 is 10.5 Å². The van der Waals surface area contributed by atoms with Gasteiger partial charge in [0.2, 0.25) is 0 Å². The van der Waals surface area contributed by atoms with Crippen LogP contribution in [0.25, 0.3) is 0 Å². The van der Waals surface area contributed by atoms with E-state index in [2.05, 4.69) is 19.1 Å². The maximum atomic E-state index is 12.3. The standard InChI is InChI=1S/C18H26N2O2S2.ClH/c1-18(12-19)7-8-20(13-18)16(21)11-22-15-5-3-14(4-6-15)17-23-9-2-10-24-17;/h3-6,17H,2,7-13,19H2,1H3;1H. The first-order chi connectivity index (χ1) is 11.6. The highest BCUT2D eigenvalue weighted by Gasteiger charge is 2.34. The Kier molecular flexibility index (Phi) is 7.80. The van der Waals surface area contributed by atoms with Gasteiger partial charge in [0.1, 0.15) is 5.75 Å². The maximum absolute atomic E-state index is 12.3. The molecule has 2 N–H and O–H groups in total. The maximum Gasteiger partial charge on any atom is 0.260 e. The van der Waals surface area contributed by atoms with Gasteiger partial charge in [0, 0.05) is 13.1 Å². The number of nitrogens with two attached hydrogens (primary N) is 1. The molecule has 4 nitrogen and oxygen atoms in total. The van der Waals surface area contributed by atoms with Crippen LogP contribution in [0.2, 0.25) is 0 Å². The first-order valence-electron chi connectivity index (χ1n) is 8.53. The average molecular weight is 403 g/mol. The van der Waals surface area contributed by atoms with E-state index in [0.717, 1.165) is 25.3 Å². The Morgan fingerprint density at radius 1 is 1.32 bits per heavy atom. The Balaban J connectivity index is 0.00000225. The minimum Gasteiger partial charge on any atom is -0.484 e. The molecule has 140 valence electrons. The SMILES string of the molecule is CC1(CN)CCN(C(=O)COc2ccc(C3SCCCS3)cc2)C1.Cl. The molecule has 2 heterocycles. The summed E-state index contributed by atoms with van der Waals surface area (Å²) in [7, 11) is 0. The van der Waals surface area contributed by atoms with Gasteiger partial charge in [0.05, 0.1) is 4.58 Å². The topological polar surface area (TPSA) is 55.6 Å². The van der Waals surface area contributed by atoms with Gasteiger partial charge >= 0.3 is 0 Å². The zero-order valence-electron chi connectivity index (χ0n) is 14.6. The molecule has 3 rings (SSSR count). The van der Waals surface area contributed by atoms with Crippen LogP contribution in [0.5, 0.6) is 5.75 Å². The highest BCUT2D eigenvalue weighted by Crippen LogP contribution is 2.43.